The topological polar surface area (TPSA) is 108 Å². The Hall–Kier alpha value is -3.23. The number of fused-ring (bicyclic) bond motifs is 3. The largest absolute Gasteiger partial charge is 0.456 e. The summed E-state index contributed by atoms with van der Waals surface area (Å²) in [6.07, 6.45) is 1.14. The van der Waals surface area contributed by atoms with Crippen molar-refractivity contribution < 1.29 is 14.3 Å². The number of hydrogen-bond donors (Lipinski definition) is 1. The molecule has 3 rings (SSSR count). The zero-order chi connectivity index (χ0) is 20.3. The number of nitrogens with one attached hydrogen (secondary N) is 1. The molecule has 1 amide bonds. The Kier molecular flexibility index (Phi) is 5.72. The molecule has 0 fully saturated rings. The molecule has 28 heavy (non-hydrogen) atoms. The Labute approximate surface area is 161 Å². The Bertz CT molecular complexity index is 1080. The van der Waals surface area contributed by atoms with Gasteiger partial charge in [-0.05, 0) is 24.5 Å². The summed E-state index contributed by atoms with van der Waals surface area (Å²) >= 11 is 0. The normalized spacial score (nSPS) is 11.3. The predicted octanol–water partition coefficient (Wildman–Crippen LogP) is 1.18. The number of ether oxygens (including phenoxy) is 1. The van der Waals surface area contributed by atoms with Gasteiger partial charge in [0.15, 0.2) is 12.4 Å². The van der Waals surface area contributed by atoms with Gasteiger partial charge in [-0.1, -0.05) is 26.0 Å². The van der Waals surface area contributed by atoms with Gasteiger partial charge in [0, 0.05) is 13.5 Å². The van der Waals surface area contributed by atoms with Gasteiger partial charge in [0.1, 0.15) is 6.54 Å². The average molecular weight is 385 g/mol. The summed E-state index contributed by atoms with van der Waals surface area (Å²) in [5, 5.41) is 11.2. The second-order valence-electron chi connectivity index (χ2n) is 7.00. The van der Waals surface area contributed by atoms with E-state index >= 15 is 0 Å². The Morgan fingerprint density at radius 1 is 1.21 bits per heavy atom. The first-order valence-electron chi connectivity index (χ1n) is 9.12. The molecule has 0 saturated heterocycles. The minimum atomic E-state index is -0.566. The molecular formula is C19H23N5O4. The first-order chi connectivity index (χ1) is 13.4. The number of hydrogen-bond acceptors (Lipinski definition) is 6. The fourth-order valence-electron chi connectivity index (χ4n) is 2.86. The van der Waals surface area contributed by atoms with Crippen LogP contribution in [0, 0.1) is 5.92 Å². The van der Waals surface area contributed by atoms with Gasteiger partial charge < -0.3 is 10.1 Å². The van der Waals surface area contributed by atoms with E-state index in [0.29, 0.717) is 34.8 Å². The van der Waals surface area contributed by atoms with E-state index in [0.717, 1.165) is 6.42 Å². The van der Waals surface area contributed by atoms with Crippen LogP contribution in [-0.4, -0.2) is 37.6 Å². The van der Waals surface area contributed by atoms with E-state index in [1.54, 1.807) is 29.6 Å². The van der Waals surface area contributed by atoms with Crippen LogP contribution in [0.1, 0.15) is 32.5 Å². The van der Waals surface area contributed by atoms with E-state index < -0.39 is 5.97 Å². The van der Waals surface area contributed by atoms with E-state index in [9.17, 15) is 14.4 Å². The molecule has 0 saturated carbocycles. The second kappa shape index (κ2) is 8.20. The molecule has 0 spiro atoms. The zero-order valence-electron chi connectivity index (χ0n) is 16.1. The van der Waals surface area contributed by atoms with Gasteiger partial charge in [-0.3, -0.25) is 23.4 Å². The lowest BCUT2D eigenvalue weighted by Gasteiger charge is -2.09. The van der Waals surface area contributed by atoms with Crippen molar-refractivity contribution in [1.82, 2.24) is 24.5 Å². The number of rotatable bonds is 7. The number of para-hydroxylation sites is 1. The van der Waals surface area contributed by atoms with Crippen molar-refractivity contribution in [3.63, 3.8) is 0 Å². The lowest BCUT2D eigenvalue weighted by Crippen LogP contribution is -2.30. The smallest absolute Gasteiger partial charge is 0.325 e. The summed E-state index contributed by atoms with van der Waals surface area (Å²) < 4.78 is 8.31. The number of benzene rings is 1. The summed E-state index contributed by atoms with van der Waals surface area (Å²) in [4.78, 5) is 36.1. The standard InChI is InChI=1S/C19H23N5O4/c1-12(2)8-9-16(25)20-10-17(26)28-11-15-21-22-19-23(3)18(27)13-6-4-5-7-14(13)24(15)19/h4-7,12H,8-11H2,1-3H3,(H,20,25). The van der Waals surface area contributed by atoms with Crippen LogP contribution in [-0.2, 0) is 28.0 Å². The molecule has 2 aromatic heterocycles. The Morgan fingerprint density at radius 2 is 1.96 bits per heavy atom. The maximum Gasteiger partial charge on any atom is 0.325 e. The maximum atomic E-state index is 12.4. The molecule has 148 valence electrons. The quantitative estimate of drug-likeness (QED) is 0.612. The van der Waals surface area contributed by atoms with Gasteiger partial charge in [-0.2, -0.15) is 0 Å². The van der Waals surface area contributed by atoms with Crippen molar-refractivity contribution >= 4 is 28.6 Å². The number of aryl methyl sites for hydroxylation is 1. The molecule has 3 aromatic rings. The van der Waals surface area contributed by atoms with Gasteiger partial charge >= 0.3 is 5.97 Å². The number of carbonyl (C=O) groups excluding carboxylic acids is 2. The molecule has 0 bridgehead atoms. The number of nitrogens with zero attached hydrogens (tertiary/aromatic N) is 4. The zero-order valence-corrected chi connectivity index (χ0v) is 16.1. The summed E-state index contributed by atoms with van der Waals surface area (Å²) in [6.45, 7) is 3.74. The van der Waals surface area contributed by atoms with Crippen LogP contribution in [0.2, 0.25) is 0 Å². The monoisotopic (exact) mass is 385 g/mol. The lowest BCUT2D eigenvalue weighted by molar-refractivity contribution is -0.145. The van der Waals surface area contributed by atoms with E-state index in [-0.39, 0.29) is 24.6 Å². The highest BCUT2D eigenvalue weighted by atomic mass is 16.5. The van der Waals surface area contributed by atoms with Crippen molar-refractivity contribution in [2.45, 2.75) is 33.3 Å². The van der Waals surface area contributed by atoms with Crippen LogP contribution in [0.15, 0.2) is 29.1 Å². The van der Waals surface area contributed by atoms with E-state index in [4.69, 9.17) is 4.74 Å². The molecule has 0 unspecified atom stereocenters. The fourth-order valence-corrected chi connectivity index (χ4v) is 2.86. The second-order valence-corrected chi connectivity index (χ2v) is 7.00. The summed E-state index contributed by atoms with van der Waals surface area (Å²) in [5.41, 5.74) is 0.460. The molecule has 0 radical (unpaired) electrons. The molecule has 1 aromatic carbocycles. The third-order valence-corrected chi connectivity index (χ3v) is 4.43. The van der Waals surface area contributed by atoms with Crippen molar-refractivity contribution in [2.24, 2.45) is 13.0 Å². The van der Waals surface area contributed by atoms with Crippen LogP contribution in [0.4, 0.5) is 0 Å². The van der Waals surface area contributed by atoms with Crippen LogP contribution in [0.3, 0.4) is 0 Å². The minimum absolute atomic E-state index is 0.121. The van der Waals surface area contributed by atoms with Crippen molar-refractivity contribution in [2.75, 3.05) is 6.54 Å². The molecule has 0 aliphatic heterocycles. The Morgan fingerprint density at radius 3 is 2.71 bits per heavy atom. The third-order valence-electron chi connectivity index (χ3n) is 4.43. The molecule has 9 nitrogen and oxygen atoms in total. The van der Waals surface area contributed by atoms with Crippen LogP contribution >= 0.6 is 0 Å². The molecule has 1 N–H and O–H groups in total. The SMILES string of the molecule is CC(C)CCC(=O)NCC(=O)OCc1nnc2n(C)c(=O)c3ccccc3n12. The maximum absolute atomic E-state index is 12.4. The van der Waals surface area contributed by atoms with Crippen LogP contribution in [0.25, 0.3) is 16.7 Å². The summed E-state index contributed by atoms with van der Waals surface area (Å²) in [5.74, 6) is 0.422. The number of esters is 1. The molecule has 9 heteroatoms. The number of aromatic nitrogens is 4. The van der Waals surface area contributed by atoms with Crippen molar-refractivity contribution in [3.8, 4) is 0 Å². The minimum Gasteiger partial charge on any atom is -0.456 e. The van der Waals surface area contributed by atoms with Crippen LogP contribution < -0.4 is 10.9 Å². The predicted molar refractivity (Wildman–Crippen MR) is 103 cm³/mol. The van der Waals surface area contributed by atoms with Gasteiger partial charge in [0.05, 0.1) is 10.9 Å². The number of carbonyl (C=O) groups is 2. The van der Waals surface area contributed by atoms with E-state index in [2.05, 4.69) is 15.5 Å². The summed E-state index contributed by atoms with van der Waals surface area (Å²) in [6, 6.07) is 7.10. The molecular weight excluding hydrogens is 362 g/mol. The number of amides is 1. The highest BCUT2D eigenvalue weighted by Gasteiger charge is 2.16. The average Bonchev–Trinajstić information content (AvgIpc) is 3.11. The molecule has 0 aliphatic rings. The van der Waals surface area contributed by atoms with Gasteiger partial charge in [0.25, 0.3) is 5.56 Å². The van der Waals surface area contributed by atoms with E-state index in [1.165, 1.54) is 4.57 Å². The van der Waals surface area contributed by atoms with Gasteiger partial charge in [-0.15, -0.1) is 10.2 Å². The Balaban J connectivity index is 1.71. The van der Waals surface area contributed by atoms with Gasteiger partial charge in [-0.25, -0.2) is 0 Å². The lowest BCUT2D eigenvalue weighted by atomic mass is 10.1. The van der Waals surface area contributed by atoms with Crippen molar-refractivity contribution in [3.05, 3.63) is 40.4 Å². The van der Waals surface area contributed by atoms with Crippen LogP contribution in [0.5, 0.6) is 0 Å². The molecule has 0 aliphatic carbocycles. The highest BCUT2D eigenvalue weighted by Crippen LogP contribution is 2.14. The third kappa shape index (κ3) is 4.03. The van der Waals surface area contributed by atoms with Crippen molar-refractivity contribution in [1.29, 1.82) is 0 Å². The fraction of sp³-hybridized carbons (Fsp3) is 0.421. The highest BCUT2D eigenvalue weighted by molar-refractivity contribution is 5.82. The first-order valence-corrected chi connectivity index (χ1v) is 9.12. The molecule has 2 heterocycles. The first kappa shape index (κ1) is 19.5. The summed E-state index contributed by atoms with van der Waals surface area (Å²) in [7, 11) is 1.61. The van der Waals surface area contributed by atoms with E-state index in [1.807, 2.05) is 19.9 Å². The molecule has 0 atom stereocenters. The van der Waals surface area contributed by atoms with Gasteiger partial charge in [0.2, 0.25) is 11.7 Å².